The highest BCUT2D eigenvalue weighted by Crippen LogP contribution is 2.11. The standard InChI is InChI=1S/C12H18N2O3/c1-9(15)7-13-12(16)14-8-10-4-3-5-11(6-10)17-2/h3-6,9,15H,7-8H2,1-2H3,(H2,13,14,16). The first-order valence-corrected chi connectivity index (χ1v) is 5.44. The van der Waals surface area contributed by atoms with E-state index < -0.39 is 6.10 Å². The van der Waals surface area contributed by atoms with E-state index in [9.17, 15) is 4.79 Å². The van der Waals surface area contributed by atoms with E-state index in [1.807, 2.05) is 24.3 Å². The van der Waals surface area contributed by atoms with Gasteiger partial charge in [0, 0.05) is 13.1 Å². The van der Waals surface area contributed by atoms with Crippen LogP contribution in [0.5, 0.6) is 5.75 Å². The zero-order valence-electron chi connectivity index (χ0n) is 10.1. The lowest BCUT2D eigenvalue weighted by Crippen LogP contribution is -2.38. The number of amides is 2. The number of aliphatic hydroxyl groups is 1. The molecule has 2 amide bonds. The fourth-order valence-corrected chi connectivity index (χ4v) is 1.27. The van der Waals surface area contributed by atoms with E-state index in [-0.39, 0.29) is 12.6 Å². The number of aliphatic hydroxyl groups excluding tert-OH is 1. The first-order chi connectivity index (χ1) is 8.11. The summed E-state index contributed by atoms with van der Waals surface area (Å²) >= 11 is 0. The summed E-state index contributed by atoms with van der Waals surface area (Å²) in [7, 11) is 1.60. The zero-order valence-corrected chi connectivity index (χ0v) is 10.1. The molecule has 5 nitrogen and oxygen atoms in total. The molecule has 1 aromatic carbocycles. The Kier molecular flexibility index (Phi) is 5.29. The summed E-state index contributed by atoms with van der Waals surface area (Å²) in [6, 6.07) is 7.17. The molecule has 0 aliphatic heterocycles. The molecule has 94 valence electrons. The third-order valence-electron chi connectivity index (χ3n) is 2.15. The van der Waals surface area contributed by atoms with Crippen molar-refractivity contribution in [2.75, 3.05) is 13.7 Å². The molecule has 5 heteroatoms. The van der Waals surface area contributed by atoms with Crippen LogP contribution in [0, 0.1) is 0 Å². The number of urea groups is 1. The quantitative estimate of drug-likeness (QED) is 0.713. The van der Waals surface area contributed by atoms with Crippen molar-refractivity contribution in [3.8, 4) is 5.75 Å². The van der Waals surface area contributed by atoms with Gasteiger partial charge in [-0.1, -0.05) is 12.1 Å². The Balaban J connectivity index is 2.36. The van der Waals surface area contributed by atoms with Gasteiger partial charge in [0.05, 0.1) is 13.2 Å². The van der Waals surface area contributed by atoms with Gasteiger partial charge in [0.25, 0.3) is 0 Å². The van der Waals surface area contributed by atoms with Crippen LogP contribution in [-0.4, -0.2) is 30.9 Å². The highest BCUT2D eigenvalue weighted by molar-refractivity contribution is 5.73. The van der Waals surface area contributed by atoms with Crippen LogP contribution >= 0.6 is 0 Å². The van der Waals surface area contributed by atoms with E-state index in [4.69, 9.17) is 9.84 Å². The van der Waals surface area contributed by atoms with Crippen molar-refractivity contribution in [1.82, 2.24) is 10.6 Å². The molecule has 0 aliphatic rings. The molecule has 0 bridgehead atoms. The third kappa shape index (κ3) is 5.21. The maximum absolute atomic E-state index is 11.3. The molecule has 0 spiro atoms. The van der Waals surface area contributed by atoms with Crippen LogP contribution in [0.1, 0.15) is 12.5 Å². The molecule has 0 saturated carbocycles. The van der Waals surface area contributed by atoms with E-state index in [2.05, 4.69) is 10.6 Å². The number of hydrogen-bond donors (Lipinski definition) is 3. The average Bonchev–Trinajstić information content (AvgIpc) is 2.34. The van der Waals surface area contributed by atoms with E-state index in [0.717, 1.165) is 11.3 Å². The molecule has 0 saturated heterocycles. The predicted molar refractivity (Wildman–Crippen MR) is 64.9 cm³/mol. The lowest BCUT2D eigenvalue weighted by atomic mass is 10.2. The second-order valence-electron chi connectivity index (χ2n) is 3.76. The van der Waals surface area contributed by atoms with Gasteiger partial charge in [0.2, 0.25) is 0 Å². The van der Waals surface area contributed by atoms with E-state index in [1.165, 1.54) is 0 Å². The highest BCUT2D eigenvalue weighted by atomic mass is 16.5. The van der Waals surface area contributed by atoms with Gasteiger partial charge in [-0.3, -0.25) is 0 Å². The van der Waals surface area contributed by atoms with E-state index in [0.29, 0.717) is 6.54 Å². The van der Waals surface area contributed by atoms with Crippen LogP contribution in [0.2, 0.25) is 0 Å². The molecule has 1 aromatic rings. The van der Waals surface area contributed by atoms with Crippen LogP contribution in [0.4, 0.5) is 4.79 Å². The Bertz CT molecular complexity index is 367. The molecular formula is C12H18N2O3. The second-order valence-corrected chi connectivity index (χ2v) is 3.76. The minimum atomic E-state index is -0.544. The van der Waals surface area contributed by atoms with Crippen molar-refractivity contribution in [3.63, 3.8) is 0 Å². The smallest absolute Gasteiger partial charge is 0.315 e. The number of ether oxygens (including phenoxy) is 1. The topological polar surface area (TPSA) is 70.6 Å². The van der Waals surface area contributed by atoms with Gasteiger partial charge in [-0.05, 0) is 24.6 Å². The lowest BCUT2D eigenvalue weighted by molar-refractivity contribution is 0.187. The molecule has 1 atom stereocenters. The molecule has 3 N–H and O–H groups in total. The summed E-state index contributed by atoms with van der Waals surface area (Å²) in [4.78, 5) is 11.3. The molecule has 0 aromatic heterocycles. The summed E-state index contributed by atoms with van der Waals surface area (Å²) < 4.78 is 5.08. The Morgan fingerprint density at radius 2 is 2.24 bits per heavy atom. The van der Waals surface area contributed by atoms with Gasteiger partial charge in [-0.25, -0.2) is 4.79 Å². The molecule has 17 heavy (non-hydrogen) atoms. The Hall–Kier alpha value is -1.75. The van der Waals surface area contributed by atoms with Gasteiger partial charge in [-0.15, -0.1) is 0 Å². The van der Waals surface area contributed by atoms with Crippen LogP contribution in [0.15, 0.2) is 24.3 Å². The summed E-state index contributed by atoms with van der Waals surface area (Å²) in [5.41, 5.74) is 0.955. The van der Waals surface area contributed by atoms with Crippen LogP contribution in [-0.2, 0) is 6.54 Å². The third-order valence-corrected chi connectivity index (χ3v) is 2.15. The Labute approximate surface area is 101 Å². The van der Waals surface area contributed by atoms with Crippen molar-refractivity contribution < 1.29 is 14.6 Å². The summed E-state index contributed by atoms with van der Waals surface area (Å²) in [5.74, 6) is 0.758. The van der Waals surface area contributed by atoms with Gasteiger partial charge in [0.15, 0.2) is 0 Å². The first kappa shape index (κ1) is 13.3. The normalized spacial score (nSPS) is 11.7. The van der Waals surface area contributed by atoms with Gasteiger partial charge >= 0.3 is 6.03 Å². The van der Waals surface area contributed by atoms with Crippen molar-refractivity contribution >= 4 is 6.03 Å². The fraction of sp³-hybridized carbons (Fsp3) is 0.417. The minimum Gasteiger partial charge on any atom is -0.497 e. The zero-order chi connectivity index (χ0) is 12.7. The number of hydrogen-bond acceptors (Lipinski definition) is 3. The average molecular weight is 238 g/mol. The molecule has 0 radical (unpaired) electrons. The summed E-state index contributed by atoms with van der Waals surface area (Å²) in [6.45, 7) is 2.27. The number of methoxy groups -OCH3 is 1. The van der Waals surface area contributed by atoms with Crippen molar-refractivity contribution in [2.24, 2.45) is 0 Å². The Morgan fingerprint density at radius 1 is 1.47 bits per heavy atom. The van der Waals surface area contributed by atoms with E-state index in [1.54, 1.807) is 14.0 Å². The maximum atomic E-state index is 11.3. The molecule has 1 rings (SSSR count). The first-order valence-electron chi connectivity index (χ1n) is 5.44. The number of benzene rings is 1. The van der Waals surface area contributed by atoms with Crippen molar-refractivity contribution in [3.05, 3.63) is 29.8 Å². The summed E-state index contributed by atoms with van der Waals surface area (Å²) in [6.07, 6.45) is -0.544. The second kappa shape index (κ2) is 6.75. The van der Waals surface area contributed by atoms with Gasteiger partial charge in [-0.2, -0.15) is 0 Å². The van der Waals surface area contributed by atoms with Gasteiger partial charge < -0.3 is 20.5 Å². The molecular weight excluding hydrogens is 220 g/mol. The number of rotatable bonds is 5. The van der Waals surface area contributed by atoms with E-state index >= 15 is 0 Å². The number of nitrogens with one attached hydrogen (secondary N) is 2. The lowest BCUT2D eigenvalue weighted by Gasteiger charge is -2.09. The molecule has 0 heterocycles. The monoisotopic (exact) mass is 238 g/mol. The van der Waals surface area contributed by atoms with Crippen LogP contribution in [0.25, 0.3) is 0 Å². The maximum Gasteiger partial charge on any atom is 0.315 e. The van der Waals surface area contributed by atoms with Crippen molar-refractivity contribution in [1.29, 1.82) is 0 Å². The molecule has 1 unspecified atom stereocenters. The number of carbonyl (C=O) groups is 1. The van der Waals surface area contributed by atoms with Crippen LogP contribution < -0.4 is 15.4 Å². The SMILES string of the molecule is COc1cccc(CNC(=O)NCC(C)O)c1. The Morgan fingerprint density at radius 3 is 2.88 bits per heavy atom. The number of carbonyl (C=O) groups excluding carboxylic acids is 1. The predicted octanol–water partition coefficient (Wildman–Crippen LogP) is 0.875. The minimum absolute atomic E-state index is 0.240. The largest absolute Gasteiger partial charge is 0.497 e. The molecule has 0 fully saturated rings. The fourth-order valence-electron chi connectivity index (χ4n) is 1.27. The molecule has 0 aliphatic carbocycles. The summed E-state index contributed by atoms with van der Waals surface area (Å²) in [5, 5.41) is 14.2. The highest BCUT2D eigenvalue weighted by Gasteiger charge is 2.02. The van der Waals surface area contributed by atoms with Crippen molar-refractivity contribution in [2.45, 2.75) is 19.6 Å². The van der Waals surface area contributed by atoms with Crippen LogP contribution in [0.3, 0.4) is 0 Å². The van der Waals surface area contributed by atoms with Gasteiger partial charge in [0.1, 0.15) is 5.75 Å².